The van der Waals surface area contributed by atoms with Gasteiger partial charge in [-0.1, -0.05) is 13.8 Å². The second-order valence-corrected chi connectivity index (χ2v) is 5.81. The van der Waals surface area contributed by atoms with E-state index < -0.39 is 6.04 Å². The predicted octanol–water partition coefficient (Wildman–Crippen LogP) is 1.47. The van der Waals surface area contributed by atoms with Crippen molar-refractivity contribution < 1.29 is 14.3 Å². The number of aryl methyl sites for hydroxylation is 1. The van der Waals surface area contributed by atoms with E-state index in [1.165, 1.54) is 0 Å². The molecule has 4 N–H and O–H groups in total. The van der Waals surface area contributed by atoms with Gasteiger partial charge in [0.2, 0.25) is 11.8 Å². The Morgan fingerprint density at radius 3 is 2.78 bits per heavy atom. The first-order chi connectivity index (χ1) is 10.5. The zero-order valence-electron chi connectivity index (χ0n) is 13.4. The molecule has 2 amide bonds. The maximum absolute atomic E-state index is 11.9. The van der Waals surface area contributed by atoms with Crippen LogP contribution in [0.1, 0.15) is 25.8 Å². The number of nitrogens with one attached hydrogen (secondary N) is 2. The third-order valence-corrected chi connectivity index (χ3v) is 3.64. The van der Waals surface area contributed by atoms with Gasteiger partial charge in [-0.2, -0.15) is 0 Å². The number of carbonyl (C=O) groups excluding carboxylic acids is 2. The molecule has 0 radical (unpaired) electrons. The van der Waals surface area contributed by atoms with Crippen LogP contribution in [0.25, 0.3) is 0 Å². The molecule has 6 nitrogen and oxygen atoms in total. The number of rotatable bonds is 5. The number of anilines is 1. The first-order valence-electron chi connectivity index (χ1n) is 7.56. The van der Waals surface area contributed by atoms with E-state index >= 15 is 0 Å². The number of nitrogens with two attached hydrogens (primary N) is 1. The van der Waals surface area contributed by atoms with Crippen LogP contribution in [0.15, 0.2) is 18.2 Å². The minimum absolute atomic E-state index is 0. The Labute approximate surface area is 142 Å². The summed E-state index contributed by atoms with van der Waals surface area (Å²) in [6.45, 7) is 4.37. The molecule has 2 rings (SSSR count). The van der Waals surface area contributed by atoms with Crippen molar-refractivity contribution in [2.45, 2.75) is 32.7 Å². The smallest absolute Gasteiger partial charge is 0.243 e. The molecule has 23 heavy (non-hydrogen) atoms. The Morgan fingerprint density at radius 1 is 1.35 bits per heavy atom. The highest BCUT2D eigenvalue weighted by atomic mass is 35.5. The quantitative estimate of drug-likeness (QED) is 0.756. The molecule has 0 spiro atoms. The molecule has 1 heterocycles. The minimum atomic E-state index is -0.603. The van der Waals surface area contributed by atoms with Gasteiger partial charge in [-0.3, -0.25) is 9.59 Å². The highest BCUT2D eigenvalue weighted by molar-refractivity contribution is 5.95. The van der Waals surface area contributed by atoms with Gasteiger partial charge in [-0.25, -0.2) is 0 Å². The van der Waals surface area contributed by atoms with Crippen LogP contribution in [0.2, 0.25) is 0 Å². The molecule has 0 bridgehead atoms. The fraction of sp³-hybridized carbons (Fsp3) is 0.500. The zero-order valence-corrected chi connectivity index (χ0v) is 14.2. The SMILES string of the molecule is CC(C)[C@H](N)C(=O)NCC(=O)Nc1ccc2c(c1)CCCO2.Cl. The molecule has 1 aromatic rings. The van der Waals surface area contributed by atoms with Gasteiger partial charge in [0.05, 0.1) is 19.2 Å². The zero-order chi connectivity index (χ0) is 16.1. The molecule has 1 aromatic carbocycles. The van der Waals surface area contributed by atoms with Gasteiger partial charge in [0.25, 0.3) is 0 Å². The van der Waals surface area contributed by atoms with Crippen LogP contribution in [0.5, 0.6) is 5.75 Å². The number of benzene rings is 1. The van der Waals surface area contributed by atoms with Gasteiger partial charge in [-0.05, 0) is 42.5 Å². The topological polar surface area (TPSA) is 93.5 Å². The summed E-state index contributed by atoms with van der Waals surface area (Å²) in [4.78, 5) is 23.6. The summed E-state index contributed by atoms with van der Waals surface area (Å²) < 4.78 is 5.53. The summed E-state index contributed by atoms with van der Waals surface area (Å²) in [6, 6.07) is 4.96. The van der Waals surface area contributed by atoms with E-state index in [9.17, 15) is 9.59 Å². The number of fused-ring (bicyclic) bond motifs is 1. The number of amides is 2. The Hall–Kier alpha value is -1.79. The standard InChI is InChI=1S/C16H23N3O3.ClH/c1-10(2)15(17)16(21)18-9-14(20)19-12-5-6-13-11(8-12)4-3-7-22-13;/h5-6,8,10,15H,3-4,7,9,17H2,1-2H3,(H,18,21)(H,19,20);1H/t15-;/m0./s1. The Balaban J connectivity index is 0.00000264. The van der Waals surface area contributed by atoms with Crippen molar-refractivity contribution in [1.29, 1.82) is 0 Å². The van der Waals surface area contributed by atoms with Crippen LogP contribution in [0.4, 0.5) is 5.69 Å². The largest absolute Gasteiger partial charge is 0.493 e. The lowest BCUT2D eigenvalue weighted by Crippen LogP contribution is -2.46. The van der Waals surface area contributed by atoms with Crippen LogP contribution in [0, 0.1) is 5.92 Å². The lowest BCUT2D eigenvalue weighted by molar-refractivity contribution is -0.125. The van der Waals surface area contributed by atoms with Gasteiger partial charge in [0.15, 0.2) is 0 Å². The number of halogens is 1. The normalized spacial score (nSPS) is 14.1. The fourth-order valence-electron chi connectivity index (χ4n) is 2.23. The molecule has 0 unspecified atom stereocenters. The highest BCUT2D eigenvalue weighted by Crippen LogP contribution is 2.27. The van der Waals surface area contributed by atoms with E-state index in [4.69, 9.17) is 10.5 Å². The Bertz CT molecular complexity index is 564. The van der Waals surface area contributed by atoms with Gasteiger partial charge in [0, 0.05) is 5.69 Å². The number of carbonyl (C=O) groups is 2. The molecule has 1 aliphatic rings. The average Bonchev–Trinajstić information content (AvgIpc) is 2.51. The van der Waals surface area contributed by atoms with E-state index in [1.54, 1.807) is 6.07 Å². The lowest BCUT2D eigenvalue weighted by atomic mass is 10.1. The fourth-order valence-corrected chi connectivity index (χ4v) is 2.23. The van der Waals surface area contributed by atoms with E-state index in [0.29, 0.717) is 5.69 Å². The molecule has 1 atom stereocenters. The van der Waals surface area contributed by atoms with E-state index in [2.05, 4.69) is 10.6 Å². The molecule has 0 aliphatic carbocycles. The maximum atomic E-state index is 11.9. The van der Waals surface area contributed by atoms with Crippen molar-refractivity contribution in [3.8, 4) is 5.75 Å². The molecule has 1 aliphatic heterocycles. The van der Waals surface area contributed by atoms with Crippen LogP contribution < -0.4 is 21.1 Å². The summed E-state index contributed by atoms with van der Waals surface area (Å²) in [6.07, 6.45) is 1.92. The second-order valence-electron chi connectivity index (χ2n) is 5.81. The number of ether oxygens (including phenoxy) is 1. The first-order valence-corrected chi connectivity index (χ1v) is 7.56. The minimum Gasteiger partial charge on any atom is -0.493 e. The molecular formula is C16H24ClN3O3. The Morgan fingerprint density at radius 2 is 2.09 bits per heavy atom. The molecular weight excluding hydrogens is 318 g/mol. The first kappa shape index (κ1) is 19.3. The third-order valence-electron chi connectivity index (χ3n) is 3.64. The molecule has 0 saturated carbocycles. The van der Waals surface area contributed by atoms with Gasteiger partial charge < -0.3 is 21.1 Å². The monoisotopic (exact) mass is 341 g/mol. The van der Waals surface area contributed by atoms with Gasteiger partial charge in [-0.15, -0.1) is 12.4 Å². The summed E-state index contributed by atoms with van der Waals surface area (Å²) in [5, 5.41) is 5.31. The van der Waals surface area contributed by atoms with Gasteiger partial charge >= 0.3 is 0 Å². The lowest BCUT2D eigenvalue weighted by Gasteiger charge is -2.18. The number of hydrogen-bond donors (Lipinski definition) is 3. The van der Waals surface area contributed by atoms with E-state index in [1.807, 2.05) is 26.0 Å². The van der Waals surface area contributed by atoms with Crippen LogP contribution in [-0.4, -0.2) is 31.0 Å². The van der Waals surface area contributed by atoms with E-state index in [-0.39, 0.29) is 36.7 Å². The van der Waals surface area contributed by atoms with Crippen molar-refractivity contribution in [3.05, 3.63) is 23.8 Å². The summed E-state index contributed by atoms with van der Waals surface area (Å²) in [5.41, 5.74) is 7.52. The molecule has 128 valence electrons. The van der Waals surface area contributed by atoms with Crippen molar-refractivity contribution in [2.24, 2.45) is 11.7 Å². The summed E-state index contributed by atoms with van der Waals surface area (Å²) >= 11 is 0. The van der Waals surface area contributed by atoms with Crippen LogP contribution in [0.3, 0.4) is 0 Å². The van der Waals surface area contributed by atoms with Crippen molar-refractivity contribution in [3.63, 3.8) is 0 Å². The highest BCUT2D eigenvalue weighted by Gasteiger charge is 2.18. The predicted molar refractivity (Wildman–Crippen MR) is 92.0 cm³/mol. The number of hydrogen-bond acceptors (Lipinski definition) is 4. The summed E-state index contributed by atoms with van der Waals surface area (Å²) in [5.74, 6) is 0.314. The van der Waals surface area contributed by atoms with Crippen LogP contribution in [-0.2, 0) is 16.0 Å². The average molecular weight is 342 g/mol. The molecule has 0 aromatic heterocycles. The van der Waals surface area contributed by atoms with Crippen molar-refractivity contribution >= 4 is 29.9 Å². The molecule has 7 heteroatoms. The van der Waals surface area contributed by atoms with Crippen molar-refractivity contribution in [2.75, 3.05) is 18.5 Å². The van der Waals surface area contributed by atoms with Gasteiger partial charge in [0.1, 0.15) is 5.75 Å². The van der Waals surface area contributed by atoms with E-state index in [0.717, 1.165) is 30.8 Å². The Kier molecular flexibility index (Phi) is 7.32. The summed E-state index contributed by atoms with van der Waals surface area (Å²) in [7, 11) is 0. The molecule has 0 fully saturated rings. The molecule has 0 saturated heterocycles. The third kappa shape index (κ3) is 5.41. The van der Waals surface area contributed by atoms with Crippen molar-refractivity contribution in [1.82, 2.24) is 5.32 Å². The van der Waals surface area contributed by atoms with Crippen LogP contribution >= 0.6 is 12.4 Å². The second kappa shape index (κ2) is 8.74. The maximum Gasteiger partial charge on any atom is 0.243 e.